The van der Waals surface area contributed by atoms with Crippen molar-refractivity contribution >= 4 is 21.5 Å². The second-order valence-corrected chi connectivity index (χ2v) is 5.48. The number of nitrogens with zero attached hydrogens (tertiary/aromatic N) is 1. The number of hydrogen-bond donors (Lipinski definition) is 3. The summed E-state index contributed by atoms with van der Waals surface area (Å²) in [5.41, 5.74) is 5.44. The van der Waals surface area contributed by atoms with Crippen molar-refractivity contribution in [3.63, 3.8) is 0 Å². The molecule has 1 aromatic carbocycles. The molecule has 0 unspecified atom stereocenters. The third-order valence-corrected chi connectivity index (χ3v) is 3.67. The van der Waals surface area contributed by atoms with Gasteiger partial charge in [0.05, 0.1) is 6.20 Å². The molecule has 0 bridgehead atoms. The molecule has 0 spiro atoms. The summed E-state index contributed by atoms with van der Waals surface area (Å²) in [6.45, 7) is 0. The zero-order valence-corrected chi connectivity index (χ0v) is 11.0. The number of anilines is 2. The van der Waals surface area contributed by atoms with Gasteiger partial charge >= 0.3 is 6.36 Å². The molecule has 2 aromatic rings. The minimum atomic E-state index is -4.81. The first-order valence-electron chi connectivity index (χ1n) is 5.35. The Bertz CT molecular complexity index is 725. The second kappa shape index (κ2) is 5.16. The fraction of sp³-hybridized carbons (Fsp3) is 0.100. The lowest BCUT2D eigenvalue weighted by atomic mass is 10.3. The molecule has 0 amide bonds. The van der Waals surface area contributed by atoms with Crippen LogP contribution in [-0.2, 0) is 10.0 Å². The van der Waals surface area contributed by atoms with Crippen LogP contribution in [0.15, 0.2) is 35.4 Å². The van der Waals surface area contributed by atoms with Gasteiger partial charge in [0, 0.05) is 5.69 Å². The molecule has 4 N–H and O–H groups in total. The molecule has 0 aliphatic rings. The highest BCUT2D eigenvalue weighted by atomic mass is 32.2. The van der Waals surface area contributed by atoms with Crippen LogP contribution in [0.5, 0.6) is 5.75 Å². The van der Waals surface area contributed by atoms with Crippen molar-refractivity contribution in [2.24, 2.45) is 0 Å². The minimum Gasteiger partial charge on any atom is -0.406 e. The first kappa shape index (κ1) is 15.0. The van der Waals surface area contributed by atoms with E-state index >= 15 is 0 Å². The predicted octanol–water partition coefficient (Wildman–Crippen LogP) is 1.69. The zero-order chi connectivity index (χ0) is 15.7. The Morgan fingerprint density at radius 2 is 1.86 bits per heavy atom. The number of sulfonamides is 1. The summed E-state index contributed by atoms with van der Waals surface area (Å²) >= 11 is 0. The van der Waals surface area contributed by atoms with Gasteiger partial charge in [0.2, 0.25) is 0 Å². The normalized spacial score (nSPS) is 12.1. The molecular formula is C10H9F3N4O3S. The van der Waals surface area contributed by atoms with Crippen molar-refractivity contribution in [3.8, 4) is 5.75 Å². The highest BCUT2D eigenvalue weighted by Crippen LogP contribution is 2.25. The topological polar surface area (TPSA) is 110 Å². The number of ether oxygens (including phenoxy) is 1. The number of aromatic nitrogens is 2. The van der Waals surface area contributed by atoms with Gasteiger partial charge in [-0.1, -0.05) is 0 Å². The van der Waals surface area contributed by atoms with E-state index in [1.807, 2.05) is 0 Å². The van der Waals surface area contributed by atoms with E-state index in [4.69, 9.17) is 5.73 Å². The standard InChI is InChI=1S/C10H9F3N4O3S/c11-10(12,13)20-7-3-1-6(2-4-7)17-21(18,19)8-5-15-16-9(8)14/h1-5,17H,(H3,14,15,16). The van der Waals surface area contributed by atoms with Crippen LogP contribution in [0.3, 0.4) is 0 Å². The summed E-state index contributed by atoms with van der Waals surface area (Å²) in [7, 11) is -3.98. The van der Waals surface area contributed by atoms with Crippen molar-refractivity contribution in [2.45, 2.75) is 11.3 Å². The van der Waals surface area contributed by atoms with Crippen LogP contribution in [0.2, 0.25) is 0 Å². The Morgan fingerprint density at radius 3 is 2.33 bits per heavy atom. The predicted molar refractivity (Wildman–Crippen MR) is 66.9 cm³/mol. The quantitative estimate of drug-likeness (QED) is 0.793. The van der Waals surface area contributed by atoms with Crippen LogP contribution >= 0.6 is 0 Å². The fourth-order valence-corrected chi connectivity index (χ4v) is 2.52. The van der Waals surface area contributed by atoms with Gasteiger partial charge in [0.1, 0.15) is 16.5 Å². The van der Waals surface area contributed by atoms with Crippen molar-refractivity contribution in [2.75, 3.05) is 10.5 Å². The number of nitrogen functional groups attached to an aromatic ring is 1. The summed E-state index contributed by atoms with van der Waals surface area (Å²) in [5, 5.41) is 5.73. The van der Waals surface area contributed by atoms with Gasteiger partial charge in [-0.25, -0.2) is 8.42 Å². The van der Waals surface area contributed by atoms with Crippen LogP contribution < -0.4 is 15.2 Å². The first-order valence-corrected chi connectivity index (χ1v) is 6.83. The maximum atomic E-state index is 12.0. The number of halogens is 3. The maximum absolute atomic E-state index is 12.0. The Hall–Kier alpha value is -2.43. The molecule has 0 radical (unpaired) electrons. The SMILES string of the molecule is Nc1[nH]ncc1S(=O)(=O)Nc1ccc(OC(F)(F)F)cc1. The van der Waals surface area contributed by atoms with E-state index in [9.17, 15) is 21.6 Å². The fourth-order valence-electron chi connectivity index (χ4n) is 1.43. The van der Waals surface area contributed by atoms with Crippen LogP contribution in [0.25, 0.3) is 0 Å². The summed E-state index contributed by atoms with van der Waals surface area (Å²) < 4.78 is 65.6. The highest BCUT2D eigenvalue weighted by molar-refractivity contribution is 7.92. The number of H-pyrrole nitrogens is 1. The summed E-state index contributed by atoms with van der Waals surface area (Å²) in [6, 6.07) is 4.19. The van der Waals surface area contributed by atoms with Gasteiger partial charge in [-0.05, 0) is 24.3 Å². The van der Waals surface area contributed by atoms with Crippen LogP contribution in [-0.4, -0.2) is 25.0 Å². The number of nitrogens with two attached hydrogens (primary N) is 1. The van der Waals surface area contributed by atoms with E-state index in [1.165, 1.54) is 0 Å². The van der Waals surface area contributed by atoms with E-state index in [0.29, 0.717) is 0 Å². The first-order chi connectivity index (χ1) is 9.67. The molecule has 0 saturated carbocycles. The molecule has 7 nitrogen and oxygen atoms in total. The third kappa shape index (κ3) is 3.78. The van der Waals surface area contributed by atoms with Gasteiger partial charge in [-0.2, -0.15) is 5.10 Å². The van der Waals surface area contributed by atoms with E-state index in [-0.39, 0.29) is 16.4 Å². The van der Waals surface area contributed by atoms with Crippen LogP contribution in [0.1, 0.15) is 0 Å². The number of rotatable bonds is 4. The molecular weight excluding hydrogens is 313 g/mol. The molecule has 0 aliphatic carbocycles. The van der Waals surface area contributed by atoms with Gasteiger partial charge < -0.3 is 10.5 Å². The molecule has 11 heteroatoms. The Labute approximate surface area is 117 Å². The van der Waals surface area contributed by atoms with Gasteiger partial charge in [-0.15, -0.1) is 13.2 Å². The summed E-state index contributed by atoms with van der Waals surface area (Å²) in [4.78, 5) is -0.266. The van der Waals surface area contributed by atoms with Gasteiger partial charge in [-0.3, -0.25) is 9.82 Å². The molecule has 0 fully saturated rings. The number of alkyl halides is 3. The average Bonchev–Trinajstić information content (AvgIpc) is 2.77. The van der Waals surface area contributed by atoms with Crippen molar-refractivity contribution < 1.29 is 26.3 Å². The molecule has 0 atom stereocenters. The molecule has 114 valence electrons. The van der Waals surface area contributed by atoms with Crippen LogP contribution in [0, 0.1) is 0 Å². The summed E-state index contributed by atoms with van der Waals surface area (Å²) in [6.07, 6.45) is -3.80. The van der Waals surface area contributed by atoms with Crippen molar-refractivity contribution in [3.05, 3.63) is 30.5 Å². The molecule has 0 saturated heterocycles. The highest BCUT2D eigenvalue weighted by Gasteiger charge is 2.31. The monoisotopic (exact) mass is 322 g/mol. The van der Waals surface area contributed by atoms with Gasteiger partial charge in [0.25, 0.3) is 10.0 Å². The van der Waals surface area contributed by atoms with E-state index in [2.05, 4.69) is 19.7 Å². The molecule has 1 aromatic heterocycles. The number of aromatic amines is 1. The van der Waals surface area contributed by atoms with Gasteiger partial charge in [0.15, 0.2) is 0 Å². The van der Waals surface area contributed by atoms with E-state index < -0.39 is 22.1 Å². The lowest BCUT2D eigenvalue weighted by Gasteiger charge is -2.10. The lowest BCUT2D eigenvalue weighted by Crippen LogP contribution is -2.17. The molecule has 21 heavy (non-hydrogen) atoms. The molecule has 2 rings (SSSR count). The number of nitrogens with one attached hydrogen (secondary N) is 2. The number of hydrogen-bond acceptors (Lipinski definition) is 5. The Morgan fingerprint density at radius 1 is 1.24 bits per heavy atom. The zero-order valence-electron chi connectivity index (χ0n) is 10.2. The molecule has 0 aliphatic heterocycles. The third-order valence-electron chi connectivity index (χ3n) is 2.26. The Kier molecular flexibility index (Phi) is 3.68. The second-order valence-electron chi connectivity index (χ2n) is 3.83. The minimum absolute atomic E-state index is 0.0464. The summed E-state index contributed by atoms with van der Waals surface area (Å²) in [5.74, 6) is -0.618. The van der Waals surface area contributed by atoms with Crippen LogP contribution in [0.4, 0.5) is 24.7 Å². The maximum Gasteiger partial charge on any atom is 0.573 e. The van der Waals surface area contributed by atoms with Crippen molar-refractivity contribution in [1.29, 1.82) is 0 Å². The molecule has 1 heterocycles. The van der Waals surface area contributed by atoms with E-state index in [1.54, 1.807) is 0 Å². The smallest absolute Gasteiger partial charge is 0.406 e. The Balaban J connectivity index is 2.16. The largest absolute Gasteiger partial charge is 0.573 e. The number of benzene rings is 1. The lowest BCUT2D eigenvalue weighted by molar-refractivity contribution is -0.274. The average molecular weight is 322 g/mol. The van der Waals surface area contributed by atoms with E-state index in [0.717, 1.165) is 30.5 Å². The van der Waals surface area contributed by atoms with Crippen molar-refractivity contribution in [1.82, 2.24) is 10.2 Å².